The number of carbonyl (C=O) groups excluding carboxylic acids is 1. The molecule has 1 unspecified atom stereocenters. The second-order valence-corrected chi connectivity index (χ2v) is 6.26. The first-order valence-electron chi connectivity index (χ1n) is 8.61. The van der Waals surface area contributed by atoms with Gasteiger partial charge in [-0.1, -0.05) is 49.4 Å². The smallest absolute Gasteiger partial charge is 0.265 e. The summed E-state index contributed by atoms with van der Waals surface area (Å²) in [6, 6.07) is 19.9. The van der Waals surface area contributed by atoms with Crippen molar-refractivity contribution in [2.45, 2.75) is 33.3 Å². The molecule has 0 spiro atoms. The predicted molar refractivity (Wildman–Crippen MR) is 103 cm³/mol. The minimum atomic E-state index is -0.527. The maximum atomic E-state index is 12.6. The Hall–Kier alpha value is -2.81. The maximum absolute atomic E-state index is 12.6. The summed E-state index contributed by atoms with van der Waals surface area (Å²) in [6.07, 6.45) is 0.0739. The van der Waals surface area contributed by atoms with Gasteiger partial charge < -0.3 is 10.1 Å². The van der Waals surface area contributed by atoms with Crippen molar-refractivity contribution in [2.24, 2.45) is 0 Å². The fourth-order valence-corrected chi connectivity index (χ4v) is 2.83. The number of carbonyl (C=O) groups is 1. The largest absolute Gasteiger partial charge is 0.481 e. The van der Waals surface area contributed by atoms with E-state index in [2.05, 4.69) is 11.4 Å². The highest BCUT2D eigenvalue weighted by atomic mass is 16.5. The molecule has 3 rings (SSSR count). The lowest BCUT2D eigenvalue weighted by Gasteiger charge is -2.19. The highest BCUT2D eigenvalue weighted by molar-refractivity contribution is 5.95. The Labute approximate surface area is 148 Å². The highest BCUT2D eigenvalue weighted by Crippen LogP contribution is 2.23. The Balaban J connectivity index is 1.76. The van der Waals surface area contributed by atoms with Gasteiger partial charge in [0.05, 0.1) is 0 Å². The summed E-state index contributed by atoms with van der Waals surface area (Å²) < 4.78 is 5.96. The summed E-state index contributed by atoms with van der Waals surface area (Å²) >= 11 is 0. The van der Waals surface area contributed by atoms with Crippen LogP contribution in [-0.4, -0.2) is 12.0 Å². The number of benzene rings is 3. The molecule has 0 fully saturated rings. The Bertz CT molecular complexity index is 901. The van der Waals surface area contributed by atoms with Crippen LogP contribution in [0.1, 0.15) is 24.5 Å². The number of hydrogen-bond donors (Lipinski definition) is 1. The minimum Gasteiger partial charge on any atom is -0.481 e. The van der Waals surface area contributed by atoms with E-state index in [-0.39, 0.29) is 5.91 Å². The Morgan fingerprint density at radius 2 is 1.76 bits per heavy atom. The third-order valence-corrected chi connectivity index (χ3v) is 4.52. The van der Waals surface area contributed by atoms with Crippen molar-refractivity contribution in [2.75, 3.05) is 5.32 Å². The molecule has 0 heterocycles. The molecule has 0 aliphatic carbocycles. The minimum absolute atomic E-state index is 0.121. The van der Waals surface area contributed by atoms with Crippen LogP contribution >= 0.6 is 0 Å². The van der Waals surface area contributed by atoms with Crippen molar-refractivity contribution in [3.8, 4) is 5.75 Å². The van der Waals surface area contributed by atoms with E-state index in [0.717, 1.165) is 27.6 Å². The van der Waals surface area contributed by atoms with Crippen molar-refractivity contribution in [3.63, 3.8) is 0 Å². The molecule has 0 aromatic heterocycles. The van der Waals surface area contributed by atoms with E-state index in [1.807, 2.05) is 75.4 Å². The summed E-state index contributed by atoms with van der Waals surface area (Å²) in [7, 11) is 0. The van der Waals surface area contributed by atoms with Gasteiger partial charge in [-0.05, 0) is 60.4 Å². The molecule has 0 saturated carbocycles. The van der Waals surface area contributed by atoms with Crippen molar-refractivity contribution >= 4 is 22.4 Å². The highest BCUT2D eigenvalue weighted by Gasteiger charge is 2.19. The topological polar surface area (TPSA) is 38.3 Å². The Morgan fingerprint density at radius 1 is 1.00 bits per heavy atom. The van der Waals surface area contributed by atoms with Crippen LogP contribution in [0, 0.1) is 13.8 Å². The number of rotatable bonds is 5. The molecule has 3 heteroatoms. The van der Waals surface area contributed by atoms with Crippen LogP contribution in [0.15, 0.2) is 60.7 Å². The van der Waals surface area contributed by atoms with Crippen molar-refractivity contribution in [1.82, 2.24) is 0 Å². The van der Waals surface area contributed by atoms with Gasteiger partial charge in [0.2, 0.25) is 0 Å². The van der Waals surface area contributed by atoms with E-state index in [4.69, 9.17) is 4.74 Å². The fourth-order valence-electron chi connectivity index (χ4n) is 2.83. The number of aryl methyl sites for hydroxylation is 1. The molecule has 0 bridgehead atoms. The van der Waals surface area contributed by atoms with Gasteiger partial charge in [0, 0.05) is 5.69 Å². The SMILES string of the molecule is CCC(Oc1ccc2ccccc2c1)C(=O)Nc1cccc(C)c1C. The van der Waals surface area contributed by atoms with Crippen LogP contribution in [0.3, 0.4) is 0 Å². The standard InChI is InChI=1S/C22H23NO2/c1-4-21(22(24)23-20-11-7-8-15(2)16(20)3)25-19-13-12-17-9-5-6-10-18(17)14-19/h5-14,21H,4H2,1-3H3,(H,23,24). The van der Waals surface area contributed by atoms with Crippen molar-refractivity contribution in [1.29, 1.82) is 0 Å². The first-order chi connectivity index (χ1) is 12.1. The van der Waals surface area contributed by atoms with Gasteiger partial charge in [-0.3, -0.25) is 4.79 Å². The summed E-state index contributed by atoms with van der Waals surface area (Å²) in [5.41, 5.74) is 3.07. The number of hydrogen-bond acceptors (Lipinski definition) is 2. The molecule has 1 N–H and O–H groups in total. The molecule has 1 amide bonds. The molecule has 1 atom stereocenters. The van der Waals surface area contributed by atoms with Crippen LogP contribution in [0.5, 0.6) is 5.75 Å². The summed E-state index contributed by atoms with van der Waals surface area (Å²) in [5.74, 6) is 0.589. The van der Waals surface area contributed by atoms with Gasteiger partial charge in [0.25, 0.3) is 5.91 Å². The maximum Gasteiger partial charge on any atom is 0.265 e. The van der Waals surface area contributed by atoms with Crippen LogP contribution in [0.2, 0.25) is 0 Å². The summed E-state index contributed by atoms with van der Waals surface area (Å²) in [5, 5.41) is 5.25. The second-order valence-electron chi connectivity index (χ2n) is 6.26. The average molecular weight is 333 g/mol. The van der Waals surface area contributed by atoms with E-state index in [9.17, 15) is 4.79 Å². The van der Waals surface area contributed by atoms with Gasteiger partial charge in [0.1, 0.15) is 5.75 Å². The zero-order chi connectivity index (χ0) is 17.8. The molecule has 25 heavy (non-hydrogen) atoms. The van der Waals surface area contributed by atoms with E-state index < -0.39 is 6.10 Å². The quantitative estimate of drug-likeness (QED) is 0.692. The van der Waals surface area contributed by atoms with Crippen molar-refractivity contribution < 1.29 is 9.53 Å². The average Bonchev–Trinajstić information content (AvgIpc) is 2.63. The van der Waals surface area contributed by atoms with Crippen LogP contribution in [-0.2, 0) is 4.79 Å². The monoisotopic (exact) mass is 333 g/mol. The number of anilines is 1. The molecular formula is C22H23NO2. The molecule has 3 nitrogen and oxygen atoms in total. The lowest BCUT2D eigenvalue weighted by molar-refractivity contribution is -0.122. The molecule has 0 radical (unpaired) electrons. The number of fused-ring (bicyclic) bond motifs is 1. The van der Waals surface area contributed by atoms with Crippen LogP contribution < -0.4 is 10.1 Å². The molecule has 0 saturated heterocycles. The van der Waals surface area contributed by atoms with E-state index in [0.29, 0.717) is 12.2 Å². The zero-order valence-corrected chi connectivity index (χ0v) is 14.9. The van der Waals surface area contributed by atoms with Crippen molar-refractivity contribution in [3.05, 3.63) is 71.8 Å². The van der Waals surface area contributed by atoms with E-state index >= 15 is 0 Å². The fraction of sp³-hybridized carbons (Fsp3) is 0.227. The molecule has 128 valence electrons. The number of amides is 1. The molecule has 0 aliphatic heterocycles. The lowest BCUT2D eigenvalue weighted by atomic mass is 10.1. The summed E-state index contributed by atoms with van der Waals surface area (Å²) in [4.78, 5) is 12.6. The normalized spacial score (nSPS) is 12.0. The van der Waals surface area contributed by atoms with Gasteiger partial charge in [-0.15, -0.1) is 0 Å². The number of ether oxygens (including phenoxy) is 1. The Kier molecular flexibility index (Phi) is 5.03. The molecular weight excluding hydrogens is 310 g/mol. The van der Waals surface area contributed by atoms with Gasteiger partial charge in [-0.2, -0.15) is 0 Å². The van der Waals surface area contributed by atoms with E-state index in [1.165, 1.54) is 0 Å². The van der Waals surface area contributed by atoms with E-state index in [1.54, 1.807) is 0 Å². The lowest BCUT2D eigenvalue weighted by Crippen LogP contribution is -2.32. The third-order valence-electron chi connectivity index (χ3n) is 4.52. The predicted octanol–water partition coefficient (Wildman–Crippen LogP) is 5.25. The Morgan fingerprint density at radius 3 is 2.52 bits per heavy atom. The summed E-state index contributed by atoms with van der Waals surface area (Å²) in [6.45, 7) is 6.00. The van der Waals surface area contributed by atoms with Crippen LogP contribution in [0.4, 0.5) is 5.69 Å². The molecule has 3 aromatic carbocycles. The van der Waals surface area contributed by atoms with Gasteiger partial charge >= 0.3 is 0 Å². The molecule has 3 aromatic rings. The zero-order valence-electron chi connectivity index (χ0n) is 14.9. The van der Waals surface area contributed by atoms with Gasteiger partial charge in [0.15, 0.2) is 6.10 Å². The second kappa shape index (κ2) is 7.39. The number of nitrogens with one attached hydrogen (secondary N) is 1. The molecule has 0 aliphatic rings. The third kappa shape index (κ3) is 3.82. The van der Waals surface area contributed by atoms with Crippen LogP contribution in [0.25, 0.3) is 10.8 Å². The van der Waals surface area contributed by atoms with Gasteiger partial charge in [-0.25, -0.2) is 0 Å². The first-order valence-corrected chi connectivity index (χ1v) is 8.61. The first kappa shape index (κ1) is 17.0.